The second-order valence-electron chi connectivity index (χ2n) is 11.9. The predicted octanol–water partition coefficient (Wildman–Crippen LogP) is 6.20. The number of esters is 1. The third kappa shape index (κ3) is 6.71. The van der Waals surface area contributed by atoms with E-state index in [1.165, 1.54) is 31.0 Å². The van der Waals surface area contributed by atoms with Crippen molar-refractivity contribution in [2.75, 3.05) is 20.8 Å². The van der Waals surface area contributed by atoms with Crippen molar-refractivity contribution in [1.29, 1.82) is 0 Å². The lowest BCUT2D eigenvalue weighted by molar-refractivity contribution is -0.145. The Balaban J connectivity index is 1.37. The molecule has 3 unspecified atom stereocenters. The van der Waals surface area contributed by atoms with E-state index >= 15 is 0 Å². The third-order valence-corrected chi connectivity index (χ3v) is 9.79. The summed E-state index contributed by atoms with van der Waals surface area (Å²) in [5, 5.41) is 0. The molecule has 2 N–H and O–H groups in total. The van der Waals surface area contributed by atoms with Crippen LogP contribution < -0.4 is 15.2 Å². The minimum atomic E-state index is -0.624. The van der Waals surface area contributed by atoms with Gasteiger partial charge in [0.2, 0.25) is 0 Å². The quantitative estimate of drug-likeness (QED) is 0.130. The number of hydrogen-bond acceptors (Lipinski definition) is 9. The van der Waals surface area contributed by atoms with Gasteiger partial charge in [-0.15, -0.1) is 0 Å². The van der Waals surface area contributed by atoms with Gasteiger partial charge in [-0.3, -0.25) is 14.5 Å². The number of thiocarbonyl (C=S) groups is 1. The zero-order valence-corrected chi connectivity index (χ0v) is 26.4. The number of benzene rings is 1. The van der Waals surface area contributed by atoms with Gasteiger partial charge in [-0.2, -0.15) is 0 Å². The van der Waals surface area contributed by atoms with Crippen LogP contribution in [0.3, 0.4) is 0 Å². The lowest BCUT2D eigenvalue weighted by atomic mass is 9.94. The van der Waals surface area contributed by atoms with Gasteiger partial charge in [-0.05, 0) is 80.0 Å². The SMILES string of the molecule is COc1cc(OC)cc(-c2cc(CCCOC(=O)C(N)CC(C)C)c(/C=C3\SC(=S)N([C@H]4CC5CCC4C5)C3=O)o2)c1. The summed E-state index contributed by atoms with van der Waals surface area (Å²) in [7, 11) is 3.20. The van der Waals surface area contributed by atoms with Crippen LogP contribution in [0.25, 0.3) is 17.4 Å². The number of thioether (sulfide) groups is 1. The van der Waals surface area contributed by atoms with Crippen LogP contribution in [0, 0.1) is 17.8 Å². The van der Waals surface area contributed by atoms with Gasteiger partial charge >= 0.3 is 5.97 Å². The molecule has 2 heterocycles. The lowest BCUT2D eigenvalue weighted by Gasteiger charge is -2.30. The van der Waals surface area contributed by atoms with Gasteiger partial charge in [0, 0.05) is 23.7 Å². The van der Waals surface area contributed by atoms with E-state index in [0.717, 1.165) is 17.5 Å². The molecule has 2 saturated carbocycles. The second kappa shape index (κ2) is 13.2. The molecule has 10 heteroatoms. The third-order valence-electron chi connectivity index (χ3n) is 8.46. The molecule has 1 amide bonds. The minimum Gasteiger partial charge on any atom is -0.497 e. The number of aryl methyl sites for hydroxylation is 1. The fourth-order valence-corrected chi connectivity index (χ4v) is 7.76. The highest BCUT2D eigenvalue weighted by Crippen LogP contribution is 2.49. The Kier molecular flexibility index (Phi) is 9.64. The van der Waals surface area contributed by atoms with Crippen molar-refractivity contribution in [1.82, 2.24) is 4.90 Å². The van der Waals surface area contributed by atoms with Gasteiger partial charge < -0.3 is 24.4 Å². The number of carbonyl (C=O) groups excluding carboxylic acids is 2. The number of nitrogens with zero attached hydrogens (tertiary/aromatic N) is 1. The highest BCUT2D eigenvalue weighted by Gasteiger charge is 2.48. The molecule has 1 aromatic heterocycles. The fourth-order valence-electron chi connectivity index (χ4n) is 6.41. The molecule has 3 fully saturated rings. The summed E-state index contributed by atoms with van der Waals surface area (Å²) in [6.07, 6.45) is 8.22. The number of methoxy groups -OCH3 is 2. The molecular formula is C32H40N2O6S2. The highest BCUT2D eigenvalue weighted by molar-refractivity contribution is 8.26. The molecule has 1 saturated heterocycles. The average Bonchev–Trinajstić information content (AvgIpc) is 3.75. The van der Waals surface area contributed by atoms with E-state index in [-0.39, 0.29) is 24.5 Å². The molecule has 4 atom stereocenters. The first-order valence-corrected chi connectivity index (χ1v) is 15.9. The number of amides is 1. The van der Waals surface area contributed by atoms with Crippen LogP contribution in [0.2, 0.25) is 0 Å². The van der Waals surface area contributed by atoms with Gasteiger partial charge in [0.05, 0.1) is 25.7 Å². The smallest absolute Gasteiger partial charge is 0.322 e. The maximum Gasteiger partial charge on any atom is 0.322 e. The molecule has 3 aliphatic rings. The first-order chi connectivity index (χ1) is 20.2. The van der Waals surface area contributed by atoms with Crippen LogP contribution in [0.1, 0.15) is 63.7 Å². The van der Waals surface area contributed by atoms with Crippen LogP contribution >= 0.6 is 24.0 Å². The first-order valence-electron chi connectivity index (χ1n) is 14.7. The van der Waals surface area contributed by atoms with Crippen LogP contribution in [0.15, 0.2) is 33.6 Å². The molecular weight excluding hydrogens is 572 g/mol. The maximum absolute atomic E-state index is 13.6. The molecule has 2 bridgehead atoms. The van der Waals surface area contributed by atoms with Crippen molar-refractivity contribution in [3.8, 4) is 22.8 Å². The van der Waals surface area contributed by atoms with Gasteiger partial charge in [0.25, 0.3) is 5.91 Å². The first kappa shape index (κ1) is 30.6. The molecule has 5 rings (SSSR count). The minimum absolute atomic E-state index is 0.0393. The lowest BCUT2D eigenvalue weighted by Crippen LogP contribution is -2.41. The molecule has 8 nitrogen and oxygen atoms in total. The van der Waals surface area contributed by atoms with E-state index < -0.39 is 6.04 Å². The summed E-state index contributed by atoms with van der Waals surface area (Å²) in [6, 6.07) is 7.09. The van der Waals surface area contributed by atoms with Crippen molar-refractivity contribution in [2.24, 2.45) is 23.5 Å². The summed E-state index contributed by atoms with van der Waals surface area (Å²) in [5.41, 5.74) is 7.66. The Bertz CT molecular complexity index is 1350. The van der Waals surface area contributed by atoms with E-state index in [2.05, 4.69) is 0 Å². The van der Waals surface area contributed by atoms with Crippen molar-refractivity contribution in [3.05, 3.63) is 40.5 Å². The monoisotopic (exact) mass is 612 g/mol. The molecule has 0 spiro atoms. The number of rotatable bonds is 12. The number of hydrogen-bond donors (Lipinski definition) is 1. The van der Waals surface area contributed by atoms with Crippen LogP contribution in [0.5, 0.6) is 11.5 Å². The van der Waals surface area contributed by atoms with E-state index in [0.29, 0.717) is 69.3 Å². The number of nitrogens with two attached hydrogens (primary N) is 1. The molecule has 226 valence electrons. The fraction of sp³-hybridized carbons (Fsp3) is 0.531. The Labute approximate surface area is 257 Å². The van der Waals surface area contributed by atoms with Gasteiger partial charge in [-0.25, -0.2) is 0 Å². The molecule has 1 aliphatic heterocycles. The second-order valence-corrected chi connectivity index (χ2v) is 13.6. The summed E-state index contributed by atoms with van der Waals surface area (Å²) in [4.78, 5) is 28.3. The Morgan fingerprint density at radius 2 is 1.90 bits per heavy atom. The summed E-state index contributed by atoms with van der Waals surface area (Å²) < 4.78 is 23.4. The summed E-state index contributed by atoms with van der Waals surface area (Å²) >= 11 is 7.04. The van der Waals surface area contributed by atoms with E-state index in [1.54, 1.807) is 20.3 Å². The molecule has 0 radical (unpaired) electrons. The zero-order valence-electron chi connectivity index (χ0n) is 24.7. The summed E-state index contributed by atoms with van der Waals surface area (Å²) in [5.74, 6) is 3.62. The molecule has 42 heavy (non-hydrogen) atoms. The number of furan rings is 1. The zero-order chi connectivity index (χ0) is 30.0. The van der Waals surface area contributed by atoms with E-state index in [1.807, 2.05) is 43.0 Å². The molecule has 1 aromatic carbocycles. The summed E-state index contributed by atoms with van der Waals surface area (Å²) in [6.45, 7) is 4.28. The Hall–Kier alpha value is -2.82. The largest absolute Gasteiger partial charge is 0.497 e. The van der Waals surface area contributed by atoms with Gasteiger partial charge in [-0.1, -0.05) is 44.2 Å². The Morgan fingerprint density at radius 1 is 1.17 bits per heavy atom. The van der Waals surface area contributed by atoms with Crippen LogP contribution in [-0.4, -0.2) is 54.0 Å². The van der Waals surface area contributed by atoms with E-state index in [9.17, 15) is 9.59 Å². The van der Waals surface area contributed by atoms with Crippen molar-refractivity contribution in [3.63, 3.8) is 0 Å². The number of carbonyl (C=O) groups is 2. The average molecular weight is 613 g/mol. The van der Waals surface area contributed by atoms with Crippen molar-refractivity contribution >= 4 is 46.3 Å². The van der Waals surface area contributed by atoms with Crippen LogP contribution in [-0.2, 0) is 20.7 Å². The Morgan fingerprint density at radius 3 is 2.52 bits per heavy atom. The normalized spacial score (nSPS) is 23.3. The van der Waals surface area contributed by atoms with E-state index in [4.69, 9.17) is 36.6 Å². The molecule has 2 aromatic rings. The van der Waals surface area contributed by atoms with Crippen molar-refractivity contribution < 1.29 is 28.2 Å². The van der Waals surface area contributed by atoms with Crippen molar-refractivity contribution in [2.45, 2.75) is 70.9 Å². The number of ether oxygens (including phenoxy) is 3. The van der Waals surface area contributed by atoms with Crippen LogP contribution in [0.4, 0.5) is 0 Å². The standard InChI is InChI=1S/C32H40N2O6S2/c1-18(2)10-25(33)31(36)39-9-5-6-21-15-27(22-13-23(37-3)16-24(14-22)38-4)40-28(21)17-29-30(35)34(32(41)42-29)26-12-19-7-8-20(26)11-19/h13-20,25-26H,5-12,33H2,1-4H3/b29-17-/t19?,20?,25?,26-/m0/s1. The maximum atomic E-state index is 13.6. The van der Waals surface area contributed by atoms with Gasteiger partial charge in [0.15, 0.2) is 0 Å². The molecule has 2 aliphatic carbocycles. The topological polar surface area (TPSA) is 104 Å². The van der Waals surface area contributed by atoms with Gasteiger partial charge in [0.1, 0.15) is 33.4 Å². The number of fused-ring (bicyclic) bond motifs is 2. The highest BCUT2D eigenvalue weighted by atomic mass is 32.2. The predicted molar refractivity (Wildman–Crippen MR) is 168 cm³/mol.